The van der Waals surface area contributed by atoms with Crippen molar-refractivity contribution in [3.8, 4) is 6.07 Å². The Balaban J connectivity index is 1.24. The molecule has 156 valence electrons. The van der Waals surface area contributed by atoms with Gasteiger partial charge in [-0.3, -0.25) is 14.6 Å². The van der Waals surface area contributed by atoms with Crippen LogP contribution in [-0.2, 0) is 4.79 Å². The van der Waals surface area contributed by atoms with E-state index in [2.05, 4.69) is 46.2 Å². The van der Waals surface area contributed by atoms with Crippen molar-refractivity contribution in [2.45, 2.75) is 43.6 Å². The lowest BCUT2D eigenvalue weighted by molar-refractivity contribution is -0.135. The van der Waals surface area contributed by atoms with Gasteiger partial charge in [-0.05, 0) is 62.1 Å². The molecule has 29 heavy (non-hydrogen) atoms. The smallest absolute Gasteiger partial charge is 0.236 e. The summed E-state index contributed by atoms with van der Waals surface area (Å²) < 4.78 is 0. The molecule has 3 fully saturated rings. The Morgan fingerprint density at radius 2 is 1.90 bits per heavy atom. The lowest BCUT2D eigenvalue weighted by atomic mass is 9.81. The summed E-state index contributed by atoms with van der Waals surface area (Å²) in [6.07, 6.45) is 5.80. The number of hydrogen-bond donors (Lipinski definition) is 0. The van der Waals surface area contributed by atoms with Crippen LogP contribution in [0.1, 0.15) is 43.6 Å². The van der Waals surface area contributed by atoms with E-state index in [-0.39, 0.29) is 11.4 Å². The van der Waals surface area contributed by atoms with Crippen molar-refractivity contribution in [2.75, 3.05) is 46.8 Å². The average molecular weight is 395 g/mol. The van der Waals surface area contributed by atoms with Crippen LogP contribution in [0.4, 0.5) is 0 Å². The summed E-state index contributed by atoms with van der Waals surface area (Å²) in [5.74, 6) is 2.63. The van der Waals surface area contributed by atoms with Crippen LogP contribution in [0.2, 0.25) is 0 Å². The minimum Gasteiger partial charge on any atom is -0.348 e. The van der Waals surface area contributed by atoms with Crippen LogP contribution in [0, 0.1) is 23.2 Å². The maximum absolute atomic E-state index is 12.0. The van der Waals surface area contributed by atoms with Crippen molar-refractivity contribution in [3.05, 3.63) is 35.9 Å². The van der Waals surface area contributed by atoms with Gasteiger partial charge in [-0.15, -0.1) is 0 Å². The van der Waals surface area contributed by atoms with Gasteiger partial charge in [0, 0.05) is 27.2 Å². The fraction of sp³-hybridized carbons (Fsp3) is 0.667. The van der Waals surface area contributed by atoms with Crippen molar-refractivity contribution >= 4 is 5.91 Å². The van der Waals surface area contributed by atoms with Crippen LogP contribution in [0.5, 0.6) is 0 Å². The van der Waals surface area contributed by atoms with Crippen LogP contribution in [0.15, 0.2) is 30.3 Å². The highest BCUT2D eigenvalue weighted by molar-refractivity contribution is 5.77. The molecule has 1 amide bonds. The van der Waals surface area contributed by atoms with Crippen molar-refractivity contribution in [2.24, 2.45) is 11.8 Å². The molecule has 0 radical (unpaired) electrons. The van der Waals surface area contributed by atoms with Gasteiger partial charge >= 0.3 is 0 Å². The third kappa shape index (κ3) is 4.49. The Hall–Kier alpha value is -1.90. The predicted molar refractivity (Wildman–Crippen MR) is 114 cm³/mol. The first kappa shape index (κ1) is 20.4. The average Bonchev–Trinajstić information content (AvgIpc) is 3.46. The number of amides is 1. The molecule has 0 bridgehead atoms. The second-order valence-electron chi connectivity index (χ2n) is 9.67. The minimum absolute atomic E-state index is 0.0293. The molecular weight excluding hydrogens is 360 g/mol. The number of hydrogen-bond acceptors (Lipinski definition) is 4. The molecule has 0 aromatic heterocycles. The molecule has 2 heterocycles. The summed E-state index contributed by atoms with van der Waals surface area (Å²) in [4.78, 5) is 18.4. The molecule has 1 aromatic carbocycles. The number of likely N-dealkylation sites (tertiary alicyclic amines) is 2. The maximum Gasteiger partial charge on any atom is 0.236 e. The highest BCUT2D eigenvalue weighted by atomic mass is 16.2. The first-order chi connectivity index (χ1) is 14.0. The number of nitriles is 1. The van der Waals surface area contributed by atoms with Crippen molar-refractivity contribution in [3.63, 3.8) is 0 Å². The molecule has 0 N–H and O–H groups in total. The van der Waals surface area contributed by atoms with Crippen LogP contribution in [-0.4, -0.2) is 73.0 Å². The van der Waals surface area contributed by atoms with Crippen LogP contribution in [0.25, 0.3) is 0 Å². The maximum atomic E-state index is 12.0. The highest BCUT2D eigenvalue weighted by Crippen LogP contribution is 2.52. The Kier molecular flexibility index (Phi) is 5.94. The number of benzene rings is 1. The third-order valence-corrected chi connectivity index (χ3v) is 7.37. The van der Waals surface area contributed by atoms with E-state index < -0.39 is 0 Å². The third-order valence-electron chi connectivity index (χ3n) is 7.37. The van der Waals surface area contributed by atoms with Crippen LogP contribution >= 0.6 is 0 Å². The van der Waals surface area contributed by atoms with Gasteiger partial charge in [0.1, 0.15) is 0 Å². The summed E-state index contributed by atoms with van der Waals surface area (Å²) in [6.45, 7) is 4.38. The molecule has 2 atom stereocenters. The number of nitrogens with zero attached hydrogens (tertiary/aromatic N) is 4. The molecule has 0 spiro atoms. The second kappa shape index (κ2) is 8.45. The predicted octanol–water partition coefficient (Wildman–Crippen LogP) is 2.95. The summed E-state index contributed by atoms with van der Waals surface area (Å²) in [6, 6.07) is 13.4. The Labute approximate surface area is 175 Å². The van der Waals surface area contributed by atoms with E-state index in [1.807, 2.05) is 0 Å². The van der Waals surface area contributed by atoms with E-state index in [4.69, 9.17) is 0 Å². The van der Waals surface area contributed by atoms with Gasteiger partial charge in [0.2, 0.25) is 5.91 Å². The van der Waals surface area contributed by atoms with Crippen LogP contribution in [0.3, 0.4) is 0 Å². The standard InChI is InChI=1S/C24H34N4O/c1-26(2)23(29)16-27-17-24(18-27,10-11-25)28-12-8-19(9-13-28)14-21-15-22(21)20-6-4-3-5-7-20/h3-7,19,21-22H,8-10,12-18H2,1-2H3/t21-,22?/m1/s1. The van der Waals surface area contributed by atoms with Gasteiger partial charge in [-0.2, -0.15) is 5.26 Å². The lowest BCUT2D eigenvalue weighted by Gasteiger charge is -2.56. The van der Waals surface area contributed by atoms with Gasteiger partial charge < -0.3 is 4.90 Å². The highest BCUT2D eigenvalue weighted by Gasteiger charge is 2.49. The van der Waals surface area contributed by atoms with E-state index in [0.29, 0.717) is 13.0 Å². The molecule has 1 unspecified atom stereocenters. The van der Waals surface area contributed by atoms with Crippen LogP contribution < -0.4 is 0 Å². The molecule has 1 aromatic rings. The Bertz CT molecular complexity index is 742. The van der Waals surface area contributed by atoms with Gasteiger partial charge in [-0.1, -0.05) is 30.3 Å². The first-order valence-electron chi connectivity index (χ1n) is 11.1. The number of carbonyl (C=O) groups excluding carboxylic acids is 1. The minimum atomic E-state index is -0.0293. The molecule has 1 aliphatic carbocycles. The molecule has 4 rings (SSSR count). The fourth-order valence-electron chi connectivity index (χ4n) is 5.49. The SMILES string of the molecule is CN(C)C(=O)CN1CC(CC#N)(N2CCC(C[C@@H]3CC3c3ccccc3)CC2)C1. The van der Waals surface area contributed by atoms with E-state index in [1.54, 1.807) is 19.0 Å². The lowest BCUT2D eigenvalue weighted by Crippen LogP contribution is -2.71. The Morgan fingerprint density at radius 1 is 1.21 bits per heavy atom. The molecule has 1 saturated carbocycles. The summed E-state index contributed by atoms with van der Waals surface area (Å²) in [5.41, 5.74) is 1.49. The summed E-state index contributed by atoms with van der Waals surface area (Å²) in [7, 11) is 3.61. The second-order valence-corrected chi connectivity index (χ2v) is 9.67. The molecule has 2 aliphatic heterocycles. The molecule has 5 heteroatoms. The van der Waals surface area contributed by atoms with Gasteiger partial charge in [0.15, 0.2) is 0 Å². The Morgan fingerprint density at radius 3 is 2.52 bits per heavy atom. The number of rotatable bonds is 7. The van der Waals surface area contributed by atoms with Crippen molar-refractivity contribution in [1.29, 1.82) is 5.26 Å². The zero-order valence-electron chi connectivity index (χ0n) is 17.9. The number of piperidine rings is 1. The topological polar surface area (TPSA) is 50.6 Å². The summed E-state index contributed by atoms with van der Waals surface area (Å²) >= 11 is 0. The first-order valence-corrected chi connectivity index (χ1v) is 11.1. The van der Waals surface area contributed by atoms with E-state index in [9.17, 15) is 10.1 Å². The van der Waals surface area contributed by atoms with Crippen molar-refractivity contribution in [1.82, 2.24) is 14.7 Å². The number of carbonyl (C=O) groups is 1. The van der Waals surface area contributed by atoms with Gasteiger partial charge in [-0.25, -0.2) is 0 Å². The van der Waals surface area contributed by atoms with Gasteiger partial charge in [0.25, 0.3) is 0 Å². The van der Waals surface area contributed by atoms with Gasteiger partial charge in [0.05, 0.1) is 24.6 Å². The molecule has 5 nitrogen and oxygen atoms in total. The number of likely N-dealkylation sites (N-methyl/N-ethyl adjacent to an activating group) is 1. The van der Waals surface area contributed by atoms with E-state index >= 15 is 0 Å². The fourth-order valence-corrected chi connectivity index (χ4v) is 5.49. The quantitative estimate of drug-likeness (QED) is 0.713. The molecule has 2 saturated heterocycles. The normalized spacial score (nSPS) is 27.1. The monoisotopic (exact) mass is 394 g/mol. The van der Waals surface area contributed by atoms with E-state index in [1.165, 1.54) is 31.2 Å². The molecule has 3 aliphatic rings. The summed E-state index contributed by atoms with van der Waals surface area (Å²) in [5, 5.41) is 9.40. The van der Waals surface area contributed by atoms with Crippen molar-refractivity contribution < 1.29 is 4.79 Å². The largest absolute Gasteiger partial charge is 0.348 e. The van der Waals surface area contributed by atoms with E-state index in [0.717, 1.165) is 43.9 Å². The zero-order valence-corrected chi connectivity index (χ0v) is 17.9. The molecular formula is C24H34N4O. The zero-order chi connectivity index (χ0) is 20.4.